The first-order chi connectivity index (χ1) is 8.79. The summed E-state index contributed by atoms with van der Waals surface area (Å²) in [5.41, 5.74) is 0.773. The predicted molar refractivity (Wildman–Crippen MR) is 71.5 cm³/mol. The van der Waals surface area contributed by atoms with Gasteiger partial charge in [-0.1, -0.05) is 11.8 Å². The topological polar surface area (TPSA) is 9.23 Å². The molecule has 0 amide bonds. The highest BCUT2D eigenvalue weighted by Crippen LogP contribution is 2.26. The van der Waals surface area contributed by atoms with Gasteiger partial charge in [-0.3, -0.25) is 0 Å². The van der Waals surface area contributed by atoms with E-state index in [-0.39, 0.29) is 11.9 Å². The smallest absolute Gasteiger partial charge is 0.165 e. The van der Waals surface area contributed by atoms with Crippen molar-refractivity contribution in [3.8, 4) is 17.6 Å². The van der Waals surface area contributed by atoms with Crippen LogP contribution in [-0.2, 0) is 0 Å². The number of ether oxygens (including phenoxy) is 1. The first-order valence-corrected chi connectivity index (χ1v) is 6.84. The average Bonchev–Trinajstić information content (AvgIpc) is 2.86. The van der Waals surface area contributed by atoms with Crippen LogP contribution in [0.1, 0.15) is 37.7 Å². The molecular formula is C15H16ClFO. The highest BCUT2D eigenvalue weighted by atomic mass is 35.5. The molecule has 0 unspecified atom stereocenters. The fraction of sp³-hybridized carbons (Fsp3) is 0.467. The molecule has 1 fully saturated rings. The van der Waals surface area contributed by atoms with Crippen LogP contribution in [0.15, 0.2) is 18.2 Å². The van der Waals surface area contributed by atoms with Crippen LogP contribution in [-0.4, -0.2) is 12.0 Å². The molecule has 0 radical (unpaired) electrons. The molecular weight excluding hydrogens is 251 g/mol. The molecule has 1 aliphatic rings. The third-order valence-corrected chi connectivity index (χ3v) is 3.17. The molecule has 0 N–H and O–H groups in total. The van der Waals surface area contributed by atoms with Crippen molar-refractivity contribution in [2.75, 3.05) is 5.88 Å². The van der Waals surface area contributed by atoms with Crippen LogP contribution in [0.5, 0.6) is 5.75 Å². The minimum Gasteiger partial charge on any atom is -0.487 e. The van der Waals surface area contributed by atoms with E-state index in [9.17, 15) is 4.39 Å². The zero-order valence-electron chi connectivity index (χ0n) is 10.2. The van der Waals surface area contributed by atoms with Gasteiger partial charge in [0.2, 0.25) is 0 Å². The fourth-order valence-corrected chi connectivity index (χ4v) is 2.16. The summed E-state index contributed by atoms with van der Waals surface area (Å²) in [6.45, 7) is 0. The number of rotatable bonds is 3. The third kappa shape index (κ3) is 3.65. The molecule has 2 rings (SSSR count). The normalized spacial score (nSPS) is 15.2. The molecule has 1 aromatic carbocycles. The lowest BCUT2D eigenvalue weighted by atomic mass is 10.2. The van der Waals surface area contributed by atoms with E-state index in [0.717, 1.165) is 18.4 Å². The highest BCUT2D eigenvalue weighted by Gasteiger charge is 2.18. The van der Waals surface area contributed by atoms with Crippen LogP contribution in [0.2, 0.25) is 0 Å². The van der Waals surface area contributed by atoms with Crippen molar-refractivity contribution in [3.63, 3.8) is 0 Å². The molecule has 0 saturated heterocycles. The SMILES string of the molecule is Fc1ccc(C#CCCCl)cc1OC1CCCC1. The lowest BCUT2D eigenvalue weighted by Gasteiger charge is -2.13. The van der Waals surface area contributed by atoms with Crippen molar-refractivity contribution < 1.29 is 9.13 Å². The molecule has 0 bridgehead atoms. The summed E-state index contributed by atoms with van der Waals surface area (Å²) in [4.78, 5) is 0. The van der Waals surface area contributed by atoms with E-state index in [1.165, 1.54) is 18.9 Å². The van der Waals surface area contributed by atoms with Gasteiger partial charge >= 0.3 is 0 Å². The van der Waals surface area contributed by atoms with Gasteiger partial charge in [-0.25, -0.2) is 4.39 Å². The molecule has 0 spiro atoms. The second kappa shape index (κ2) is 6.66. The molecule has 1 saturated carbocycles. The number of alkyl halides is 1. The summed E-state index contributed by atoms with van der Waals surface area (Å²) in [6.07, 6.45) is 5.16. The van der Waals surface area contributed by atoms with Crippen LogP contribution in [0, 0.1) is 17.7 Å². The third-order valence-electron chi connectivity index (χ3n) is 2.98. The number of hydrogen-bond donors (Lipinski definition) is 0. The molecule has 1 aromatic rings. The van der Waals surface area contributed by atoms with E-state index in [1.807, 2.05) is 0 Å². The minimum absolute atomic E-state index is 0.158. The lowest BCUT2D eigenvalue weighted by Crippen LogP contribution is -2.11. The monoisotopic (exact) mass is 266 g/mol. The van der Waals surface area contributed by atoms with Crippen molar-refractivity contribution in [1.29, 1.82) is 0 Å². The number of hydrogen-bond acceptors (Lipinski definition) is 1. The summed E-state index contributed by atoms with van der Waals surface area (Å²) in [5, 5.41) is 0. The van der Waals surface area contributed by atoms with Gasteiger partial charge in [-0.05, 0) is 43.9 Å². The van der Waals surface area contributed by atoms with Gasteiger partial charge in [-0.2, -0.15) is 0 Å². The van der Waals surface area contributed by atoms with Crippen LogP contribution in [0.4, 0.5) is 4.39 Å². The molecule has 0 heterocycles. The van der Waals surface area contributed by atoms with Gasteiger partial charge in [0.15, 0.2) is 11.6 Å². The Morgan fingerprint density at radius 1 is 1.33 bits per heavy atom. The van der Waals surface area contributed by atoms with E-state index in [4.69, 9.17) is 16.3 Å². The van der Waals surface area contributed by atoms with Gasteiger partial charge in [0.25, 0.3) is 0 Å². The second-order valence-corrected chi connectivity index (χ2v) is 4.79. The summed E-state index contributed by atoms with van der Waals surface area (Å²) in [5.74, 6) is 6.41. The molecule has 1 aliphatic carbocycles. The maximum atomic E-state index is 13.6. The van der Waals surface area contributed by atoms with Crippen LogP contribution in [0.3, 0.4) is 0 Å². The van der Waals surface area contributed by atoms with E-state index in [0.29, 0.717) is 18.1 Å². The zero-order valence-corrected chi connectivity index (χ0v) is 11.0. The van der Waals surface area contributed by atoms with Gasteiger partial charge in [0.05, 0.1) is 6.10 Å². The van der Waals surface area contributed by atoms with Gasteiger partial charge in [-0.15, -0.1) is 11.6 Å². The van der Waals surface area contributed by atoms with Crippen LogP contribution >= 0.6 is 11.6 Å². The Morgan fingerprint density at radius 2 is 2.11 bits per heavy atom. The van der Waals surface area contributed by atoms with Crippen molar-refractivity contribution in [1.82, 2.24) is 0 Å². The summed E-state index contributed by atoms with van der Waals surface area (Å²) in [6, 6.07) is 4.75. The van der Waals surface area contributed by atoms with Crippen molar-refractivity contribution in [2.45, 2.75) is 38.2 Å². The second-order valence-electron chi connectivity index (χ2n) is 4.41. The number of halogens is 2. The standard InChI is InChI=1S/C15H16ClFO/c16-10-4-3-5-12-8-9-14(17)15(11-12)18-13-6-1-2-7-13/h8-9,11,13H,1-2,4,6-7,10H2. The van der Waals surface area contributed by atoms with Crippen molar-refractivity contribution in [2.24, 2.45) is 0 Å². The quantitative estimate of drug-likeness (QED) is 0.590. The molecule has 1 nitrogen and oxygen atoms in total. The Morgan fingerprint density at radius 3 is 2.83 bits per heavy atom. The fourth-order valence-electron chi connectivity index (χ4n) is 2.07. The van der Waals surface area contributed by atoms with Gasteiger partial charge < -0.3 is 4.74 Å². The van der Waals surface area contributed by atoms with Crippen molar-refractivity contribution >= 4 is 11.6 Å². The average molecular weight is 267 g/mol. The number of benzene rings is 1. The maximum absolute atomic E-state index is 13.6. The Kier molecular flexibility index (Phi) is 4.90. The summed E-state index contributed by atoms with van der Waals surface area (Å²) >= 11 is 5.55. The van der Waals surface area contributed by atoms with Crippen molar-refractivity contribution in [3.05, 3.63) is 29.6 Å². The molecule has 96 valence electrons. The first kappa shape index (κ1) is 13.2. The van der Waals surface area contributed by atoms with E-state index in [1.54, 1.807) is 12.1 Å². The van der Waals surface area contributed by atoms with Crippen LogP contribution < -0.4 is 4.74 Å². The summed E-state index contributed by atoms with van der Waals surface area (Å²) in [7, 11) is 0. The molecule has 0 aliphatic heterocycles. The minimum atomic E-state index is -0.315. The van der Waals surface area contributed by atoms with E-state index >= 15 is 0 Å². The first-order valence-electron chi connectivity index (χ1n) is 6.30. The maximum Gasteiger partial charge on any atom is 0.165 e. The summed E-state index contributed by atoms with van der Waals surface area (Å²) < 4.78 is 19.3. The van der Waals surface area contributed by atoms with Gasteiger partial charge in [0, 0.05) is 17.9 Å². The Hall–Kier alpha value is -1.20. The lowest BCUT2D eigenvalue weighted by molar-refractivity contribution is 0.200. The Bertz CT molecular complexity index is 455. The zero-order chi connectivity index (χ0) is 12.8. The van der Waals surface area contributed by atoms with Gasteiger partial charge in [0.1, 0.15) is 0 Å². The predicted octanol–water partition coefficient (Wildman–Crippen LogP) is 4.13. The molecule has 18 heavy (non-hydrogen) atoms. The van der Waals surface area contributed by atoms with E-state index in [2.05, 4.69) is 11.8 Å². The van der Waals surface area contributed by atoms with Crippen LogP contribution in [0.25, 0.3) is 0 Å². The molecule has 0 atom stereocenters. The Balaban J connectivity index is 2.08. The molecule has 0 aromatic heterocycles. The largest absolute Gasteiger partial charge is 0.487 e. The Labute approximate surface area is 112 Å². The van der Waals surface area contributed by atoms with E-state index < -0.39 is 0 Å². The highest BCUT2D eigenvalue weighted by molar-refractivity contribution is 6.18. The molecule has 3 heteroatoms.